The van der Waals surface area contributed by atoms with Crippen LogP contribution in [-0.2, 0) is 0 Å². The fourth-order valence-electron chi connectivity index (χ4n) is 0.987. The molecule has 0 N–H and O–H groups in total. The minimum Gasteiger partial charge on any atom is -0.303 e. The van der Waals surface area contributed by atoms with Crippen molar-refractivity contribution in [1.82, 2.24) is 4.90 Å². The van der Waals surface area contributed by atoms with Gasteiger partial charge in [-0.05, 0) is 32.5 Å². The third-order valence-corrected chi connectivity index (χ3v) is 1.78. The molecule has 10 heavy (non-hydrogen) atoms. The Kier molecular flexibility index (Phi) is 7.04. The molecule has 0 atom stereocenters. The van der Waals surface area contributed by atoms with Gasteiger partial charge in [-0.25, -0.2) is 0 Å². The maximum absolute atomic E-state index is 2.52. The largest absolute Gasteiger partial charge is 0.303 e. The zero-order chi connectivity index (χ0) is 7.82. The first-order valence-corrected chi connectivity index (χ1v) is 4.66. The lowest BCUT2D eigenvalue weighted by Crippen LogP contribution is -2.37. The van der Waals surface area contributed by atoms with Gasteiger partial charge in [0.25, 0.3) is 0 Å². The van der Waals surface area contributed by atoms with Crippen LogP contribution >= 0.6 is 0 Å². The van der Waals surface area contributed by atoms with Crippen LogP contribution in [0.1, 0.15) is 40.0 Å². The fraction of sp³-hybridized carbons (Fsp3) is 1.00. The maximum atomic E-state index is 2.52. The predicted molar refractivity (Wildman–Crippen MR) is 47.3 cm³/mol. The zero-order valence-electron chi connectivity index (χ0n) is 7.69. The Morgan fingerprint density at radius 3 is 2.10 bits per heavy atom. The van der Waals surface area contributed by atoms with Crippen molar-refractivity contribution in [3.05, 3.63) is 0 Å². The molecule has 0 saturated carbocycles. The summed E-state index contributed by atoms with van der Waals surface area (Å²) in [6.45, 7) is 10.3. The van der Waals surface area contributed by atoms with E-state index in [9.17, 15) is 0 Å². The average molecular weight is 143 g/mol. The lowest BCUT2D eigenvalue weighted by molar-refractivity contribution is 0.179. The lowest BCUT2D eigenvalue weighted by atomic mass is 10.2. The SMILES string of the molecule is CC.CCCCN1CCC1. The highest BCUT2D eigenvalue weighted by atomic mass is 15.2. The summed E-state index contributed by atoms with van der Waals surface area (Å²) in [5.74, 6) is 0. The molecule has 1 aliphatic heterocycles. The predicted octanol–water partition coefficient (Wildman–Crippen LogP) is 2.52. The highest BCUT2D eigenvalue weighted by molar-refractivity contribution is 4.67. The van der Waals surface area contributed by atoms with Crippen molar-refractivity contribution >= 4 is 0 Å². The second-order valence-corrected chi connectivity index (χ2v) is 2.55. The van der Waals surface area contributed by atoms with Crippen molar-refractivity contribution in [2.75, 3.05) is 19.6 Å². The molecule has 0 aromatic rings. The minimum absolute atomic E-state index is 1.34. The van der Waals surface area contributed by atoms with Crippen molar-refractivity contribution in [3.63, 3.8) is 0 Å². The zero-order valence-corrected chi connectivity index (χ0v) is 7.69. The molecule has 0 aromatic carbocycles. The summed E-state index contributed by atoms with van der Waals surface area (Å²) in [6, 6.07) is 0. The molecular weight excluding hydrogens is 122 g/mol. The highest BCUT2D eigenvalue weighted by Gasteiger charge is 2.11. The number of hydrogen-bond acceptors (Lipinski definition) is 1. The van der Waals surface area contributed by atoms with Gasteiger partial charge < -0.3 is 4.90 Å². The Morgan fingerprint density at radius 2 is 1.80 bits per heavy atom. The molecule has 0 amide bonds. The van der Waals surface area contributed by atoms with Gasteiger partial charge in [-0.2, -0.15) is 0 Å². The van der Waals surface area contributed by atoms with Crippen LogP contribution in [0.5, 0.6) is 0 Å². The van der Waals surface area contributed by atoms with E-state index in [1.807, 2.05) is 13.8 Å². The van der Waals surface area contributed by atoms with E-state index < -0.39 is 0 Å². The first kappa shape index (κ1) is 9.96. The molecular formula is C9H21N. The molecule has 62 valence electrons. The monoisotopic (exact) mass is 143 g/mol. The summed E-state index contributed by atoms with van der Waals surface area (Å²) in [4.78, 5) is 2.52. The Balaban J connectivity index is 0.000000371. The second kappa shape index (κ2) is 7.07. The van der Waals surface area contributed by atoms with E-state index >= 15 is 0 Å². The topological polar surface area (TPSA) is 3.24 Å². The van der Waals surface area contributed by atoms with Gasteiger partial charge in [-0.1, -0.05) is 27.2 Å². The summed E-state index contributed by atoms with van der Waals surface area (Å²) in [6.07, 6.45) is 4.17. The molecule has 0 unspecified atom stereocenters. The van der Waals surface area contributed by atoms with Crippen LogP contribution in [0, 0.1) is 0 Å². The molecule has 0 aliphatic carbocycles. The van der Waals surface area contributed by atoms with Crippen molar-refractivity contribution in [2.24, 2.45) is 0 Å². The molecule has 0 radical (unpaired) electrons. The summed E-state index contributed by atoms with van der Waals surface area (Å²) < 4.78 is 0. The van der Waals surface area contributed by atoms with Gasteiger partial charge >= 0.3 is 0 Å². The van der Waals surface area contributed by atoms with Crippen LogP contribution in [0.3, 0.4) is 0 Å². The van der Waals surface area contributed by atoms with Crippen LogP contribution in [0.2, 0.25) is 0 Å². The summed E-state index contributed by atoms with van der Waals surface area (Å²) >= 11 is 0. The Bertz CT molecular complexity index is 57.7. The van der Waals surface area contributed by atoms with E-state index in [2.05, 4.69) is 11.8 Å². The molecule has 0 spiro atoms. The van der Waals surface area contributed by atoms with Gasteiger partial charge in [0, 0.05) is 0 Å². The first-order valence-electron chi connectivity index (χ1n) is 4.66. The second-order valence-electron chi connectivity index (χ2n) is 2.55. The fourth-order valence-corrected chi connectivity index (χ4v) is 0.987. The van der Waals surface area contributed by atoms with Gasteiger partial charge in [0.15, 0.2) is 0 Å². The van der Waals surface area contributed by atoms with E-state index in [4.69, 9.17) is 0 Å². The maximum Gasteiger partial charge on any atom is -0.000654 e. The smallest absolute Gasteiger partial charge is 0.000654 e. The molecule has 1 heterocycles. The summed E-state index contributed by atoms with van der Waals surface area (Å²) in [5, 5.41) is 0. The number of unbranched alkanes of at least 4 members (excludes halogenated alkanes) is 1. The van der Waals surface area contributed by atoms with E-state index in [1.54, 1.807) is 0 Å². The minimum atomic E-state index is 1.34. The Morgan fingerprint density at radius 1 is 1.20 bits per heavy atom. The van der Waals surface area contributed by atoms with E-state index in [0.717, 1.165) is 0 Å². The number of hydrogen-bond donors (Lipinski definition) is 0. The van der Waals surface area contributed by atoms with Crippen molar-refractivity contribution in [1.29, 1.82) is 0 Å². The van der Waals surface area contributed by atoms with Crippen LogP contribution < -0.4 is 0 Å². The summed E-state index contributed by atoms with van der Waals surface area (Å²) in [7, 11) is 0. The Labute approximate surface area is 65.4 Å². The van der Waals surface area contributed by atoms with Gasteiger partial charge in [0.1, 0.15) is 0 Å². The van der Waals surface area contributed by atoms with Crippen molar-refractivity contribution in [2.45, 2.75) is 40.0 Å². The van der Waals surface area contributed by atoms with Crippen molar-refractivity contribution in [3.8, 4) is 0 Å². The molecule has 1 nitrogen and oxygen atoms in total. The lowest BCUT2D eigenvalue weighted by Gasteiger charge is -2.30. The number of rotatable bonds is 3. The van der Waals surface area contributed by atoms with Crippen LogP contribution in [0.25, 0.3) is 0 Å². The van der Waals surface area contributed by atoms with E-state index in [0.29, 0.717) is 0 Å². The van der Waals surface area contributed by atoms with Gasteiger partial charge in [-0.3, -0.25) is 0 Å². The van der Waals surface area contributed by atoms with Crippen LogP contribution in [0.15, 0.2) is 0 Å². The quantitative estimate of drug-likeness (QED) is 0.587. The molecule has 0 bridgehead atoms. The molecule has 1 heteroatoms. The van der Waals surface area contributed by atoms with Gasteiger partial charge in [0.05, 0.1) is 0 Å². The molecule has 1 rings (SSSR count). The average Bonchev–Trinajstić information content (AvgIpc) is 1.90. The Hall–Kier alpha value is -0.0400. The van der Waals surface area contributed by atoms with Crippen molar-refractivity contribution < 1.29 is 0 Å². The molecule has 0 aromatic heterocycles. The third kappa shape index (κ3) is 3.89. The van der Waals surface area contributed by atoms with Crippen LogP contribution in [0.4, 0.5) is 0 Å². The third-order valence-electron chi connectivity index (χ3n) is 1.78. The van der Waals surface area contributed by atoms with Gasteiger partial charge in [-0.15, -0.1) is 0 Å². The van der Waals surface area contributed by atoms with E-state index in [-0.39, 0.29) is 0 Å². The first-order chi connectivity index (χ1) is 4.93. The van der Waals surface area contributed by atoms with Gasteiger partial charge in [0.2, 0.25) is 0 Å². The molecule has 1 saturated heterocycles. The standard InChI is InChI=1S/C7H15N.C2H6/c1-2-3-5-8-6-4-7-8;1-2/h2-7H2,1H3;1-2H3. The highest BCUT2D eigenvalue weighted by Crippen LogP contribution is 2.05. The normalized spacial score (nSPS) is 17.1. The number of nitrogens with zero attached hydrogens (tertiary/aromatic N) is 1. The van der Waals surface area contributed by atoms with E-state index in [1.165, 1.54) is 38.9 Å². The number of likely N-dealkylation sites (tertiary alicyclic amines) is 1. The van der Waals surface area contributed by atoms with Crippen LogP contribution in [-0.4, -0.2) is 24.5 Å². The molecule has 1 aliphatic rings. The summed E-state index contributed by atoms with van der Waals surface area (Å²) in [5.41, 5.74) is 0. The molecule has 1 fully saturated rings.